The van der Waals surface area contributed by atoms with Gasteiger partial charge in [0.25, 0.3) is 0 Å². The molecule has 1 aromatic carbocycles. The number of halogens is 1. The molecule has 0 saturated carbocycles. The molecule has 1 saturated heterocycles. The molecule has 232 valence electrons. The van der Waals surface area contributed by atoms with Crippen LogP contribution in [-0.2, 0) is 20.9 Å². The van der Waals surface area contributed by atoms with E-state index in [9.17, 15) is 9.59 Å². The number of nitrogens with zero attached hydrogens (tertiary/aromatic N) is 4. The number of ether oxygens (including phenoxy) is 1. The number of rotatable bonds is 10. The van der Waals surface area contributed by atoms with Crippen molar-refractivity contribution in [3.63, 3.8) is 0 Å². The zero-order chi connectivity index (χ0) is 31.4. The predicted molar refractivity (Wildman–Crippen MR) is 172 cm³/mol. The highest BCUT2D eigenvalue weighted by Gasteiger charge is 2.42. The Labute approximate surface area is 262 Å². The molecule has 0 aliphatic carbocycles. The normalized spacial score (nSPS) is 18.1. The average molecular weight is 618 g/mol. The third-order valence-electron chi connectivity index (χ3n) is 8.26. The van der Waals surface area contributed by atoms with Crippen LogP contribution < -0.4 is 5.32 Å². The fraction of sp³-hybridized carbons (Fsp3) is 0.412. The summed E-state index contributed by atoms with van der Waals surface area (Å²) in [4.78, 5) is 41.2. The van der Waals surface area contributed by atoms with Crippen LogP contribution in [0.15, 0.2) is 60.1 Å². The van der Waals surface area contributed by atoms with Crippen LogP contribution in [0.4, 0.5) is 4.39 Å². The van der Waals surface area contributed by atoms with Crippen LogP contribution in [0.5, 0.6) is 0 Å². The number of nitrogens with one attached hydrogen (secondary N) is 1. The lowest BCUT2D eigenvalue weighted by Crippen LogP contribution is -2.65. The maximum Gasteiger partial charge on any atom is 0.244 e. The third-order valence-corrected chi connectivity index (χ3v) is 9.08. The van der Waals surface area contributed by atoms with Crippen LogP contribution in [-0.4, -0.2) is 70.5 Å². The number of hydrogen-bond acceptors (Lipinski definition) is 7. The smallest absolute Gasteiger partial charge is 0.244 e. The zero-order valence-corrected chi connectivity index (χ0v) is 26.7. The summed E-state index contributed by atoms with van der Waals surface area (Å²) < 4.78 is 20.7. The summed E-state index contributed by atoms with van der Waals surface area (Å²) in [5, 5.41) is 6.23. The highest BCUT2D eigenvalue weighted by Crippen LogP contribution is 2.31. The Kier molecular flexibility index (Phi) is 10.0. The molecule has 1 aliphatic heterocycles. The Morgan fingerprint density at radius 1 is 1.11 bits per heavy atom. The number of pyridine rings is 2. The van der Waals surface area contributed by atoms with Crippen molar-refractivity contribution in [1.82, 2.24) is 25.1 Å². The van der Waals surface area contributed by atoms with E-state index in [1.807, 2.05) is 56.5 Å². The Hall–Kier alpha value is -3.73. The van der Waals surface area contributed by atoms with Crippen LogP contribution in [0.1, 0.15) is 50.1 Å². The van der Waals surface area contributed by atoms with E-state index in [0.717, 1.165) is 27.0 Å². The number of aromatic nitrogens is 2. The van der Waals surface area contributed by atoms with E-state index in [2.05, 4.69) is 27.3 Å². The molecule has 1 aliphatic rings. The molecule has 0 spiro atoms. The standard InChI is InChI=1S/C34H40FN5O3S/c1-21(2)34(42)40-23(4)19-39(28(13-16-43-5)31-30(35)22(3)12-15-36-31)20-29(40)32(41)37-18-24-6-8-25(9-7-24)27-11-10-26-14-17-44-33(26)38-27/h6-12,14-15,17,21,23,28-29H,13,16,18-20H2,1-5H3,(H,37,41)/t23-,28-,29-/m1/s1. The summed E-state index contributed by atoms with van der Waals surface area (Å²) in [6.07, 6.45) is 2.12. The van der Waals surface area contributed by atoms with Gasteiger partial charge in [0, 0.05) is 62.5 Å². The quantitative estimate of drug-likeness (QED) is 0.244. The number of hydrogen-bond donors (Lipinski definition) is 1. The zero-order valence-electron chi connectivity index (χ0n) is 25.9. The third kappa shape index (κ3) is 6.82. The van der Waals surface area contributed by atoms with Crippen molar-refractivity contribution in [3.8, 4) is 11.3 Å². The van der Waals surface area contributed by atoms with Gasteiger partial charge in [-0.3, -0.25) is 19.5 Å². The number of amides is 2. The molecule has 44 heavy (non-hydrogen) atoms. The highest BCUT2D eigenvalue weighted by molar-refractivity contribution is 7.16. The Morgan fingerprint density at radius 3 is 2.61 bits per heavy atom. The topological polar surface area (TPSA) is 87.7 Å². The van der Waals surface area contributed by atoms with E-state index in [4.69, 9.17) is 9.72 Å². The van der Waals surface area contributed by atoms with Gasteiger partial charge in [0.15, 0.2) is 0 Å². The van der Waals surface area contributed by atoms with Gasteiger partial charge in [-0.1, -0.05) is 38.1 Å². The molecule has 5 rings (SSSR count). The fourth-order valence-corrected chi connectivity index (χ4v) is 6.64. The number of methoxy groups -OCH3 is 1. The van der Waals surface area contributed by atoms with Gasteiger partial charge in [-0.25, -0.2) is 9.37 Å². The first-order valence-corrected chi connectivity index (χ1v) is 15.9. The Morgan fingerprint density at radius 2 is 1.89 bits per heavy atom. The van der Waals surface area contributed by atoms with E-state index < -0.39 is 12.1 Å². The molecule has 1 N–H and O–H groups in total. The molecule has 4 aromatic rings. The first-order chi connectivity index (χ1) is 21.2. The van der Waals surface area contributed by atoms with Gasteiger partial charge >= 0.3 is 0 Å². The molecule has 8 nitrogen and oxygen atoms in total. The molecule has 3 aromatic heterocycles. The van der Waals surface area contributed by atoms with Crippen molar-refractivity contribution in [2.45, 2.75) is 58.8 Å². The van der Waals surface area contributed by atoms with Gasteiger partial charge in [-0.2, -0.15) is 0 Å². The summed E-state index contributed by atoms with van der Waals surface area (Å²) in [7, 11) is 1.61. The molecular weight excluding hydrogens is 577 g/mol. The number of carbonyl (C=O) groups excluding carboxylic acids is 2. The summed E-state index contributed by atoms with van der Waals surface area (Å²) >= 11 is 1.62. The molecule has 1 fully saturated rings. The number of thiophene rings is 1. The first kappa shape index (κ1) is 31.7. The van der Waals surface area contributed by atoms with E-state index in [1.165, 1.54) is 0 Å². The molecule has 0 unspecified atom stereocenters. The van der Waals surface area contributed by atoms with Crippen molar-refractivity contribution in [3.05, 3.63) is 82.7 Å². The minimum Gasteiger partial charge on any atom is -0.385 e. The molecule has 4 heterocycles. The van der Waals surface area contributed by atoms with E-state index in [0.29, 0.717) is 37.4 Å². The summed E-state index contributed by atoms with van der Waals surface area (Å²) in [6, 6.07) is 14.4. The largest absolute Gasteiger partial charge is 0.385 e. The number of piperazine rings is 1. The van der Waals surface area contributed by atoms with Gasteiger partial charge in [0.05, 0.1) is 17.4 Å². The number of aryl methyl sites for hydroxylation is 1. The van der Waals surface area contributed by atoms with Crippen molar-refractivity contribution < 1.29 is 18.7 Å². The maximum absolute atomic E-state index is 15.3. The second-order valence-electron chi connectivity index (χ2n) is 11.8. The second kappa shape index (κ2) is 13.9. The number of carbonyl (C=O) groups is 2. The molecule has 10 heteroatoms. The predicted octanol–water partition coefficient (Wildman–Crippen LogP) is 5.76. The van der Waals surface area contributed by atoms with E-state index >= 15 is 4.39 Å². The Balaban J connectivity index is 1.34. The van der Waals surface area contributed by atoms with Gasteiger partial charge in [0.2, 0.25) is 11.8 Å². The molecular formula is C34H40FN5O3S. The summed E-state index contributed by atoms with van der Waals surface area (Å²) in [5.74, 6) is -0.941. The van der Waals surface area contributed by atoms with Crippen LogP contribution in [0.3, 0.4) is 0 Å². The minimum atomic E-state index is -0.743. The first-order valence-electron chi connectivity index (χ1n) is 15.0. The second-order valence-corrected chi connectivity index (χ2v) is 12.7. The van der Waals surface area contributed by atoms with Crippen LogP contribution in [0.25, 0.3) is 21.5 Å². The van der Waals surface area contributed by atoms with Crippen molar-refractivity contribution in [1.29, 1.82) is 0 Å². The van der Waals surface area contributed by atoms with Crippen molar-refractivity contribution >= 4 is 33.4 Å². The van der Waals surface area contributed by atoms with Gasteiger partial charge in [-0.05, 0) is 61.0 Å². The lowest BCUT2D eigenvalue weighted by molar-refractivity contribution is -0.151. The van der Waals surface area contributed by atoms with Crippen LogP contribution in [0.2, 0.25) is 0 Å². The fourth-order valence-electron chi connectivity index (χ4n) is 5.87. The lowest BCUT2D eigenvalue weighted by Gasteiger charge is -2.47. The Bertz CT molecular complexity index is 1610. The number of fused-ring (bicyclic) bond motifs is 1. The van der Waals surface area contributed by atoms with Crippen LogP contribution >= 0.6 is 11.3 Å². The molecule has 0 bridgehead atoms. The summed E-state index contributed by atoms with van der Waals surface area (Å²) in [6.45, 7) is 8.81. The van der Waals surface area contributed by atoms with E-state index in [-0.39, 0.29) is 36.1 Å². The minimum absolute atomic E-state index is 0.0786. The van der Waals surface area contributed by atoms with E-state index in [1.54, 1.807) is 42.5 Å². The summed E-state index contributed by atoms with van der Waals surface area (Å²) in [5.41, 5.74) is 3.69. The van der Waals surface area contributed by atoms with Gasteiger partial charge in [0.1, 0.15) is 16.7 Å². The van der Waals surface area contributed by atoms with Crippen molar-refractivity contribution in [2.24, 2.45) is 5.92 Å². The maximum atomic E-state index is 15.3. The van der Waals surface area contributed by atoms with Gasteiger partial charge < -0.3 is 15.0 Å². The average Bonchev–Trinajstić information content (AvgIpc) is 3.50. The molecule has 3 atom stereocenters. The monoisotopic (exact) mass is 617 g/mol. The highest BCUT2D eigenvalue weighted by atomic mass is 32.1. The molecule has 2 amide bonds. The van der Waals surface area contributed by atoms with Crippen molar-refractivity contribution in [2.75, 3.05) is 26.8 Å². The van der Waals surface area contributed by atoms with Crippen LogP contribution in [0, 0.1) is 18.7 Å². The SMILES string of the molecule is COCC[C@H](c1nccc(C)c1F)N1C[C@@H](C)N(C(=O)C(C)C)[C@@H](C(=O)NCc2ccc(-c3ccc4ccsc4n3)cc2)C1. The van der Waals surface area contributed by atoms with Gasteiger partial charge in [-0.15, -0.1) is 11.3 Å². The molecule has 0 radical (unpaired) electrons. The lowest BCUT2D eigenvalue weighted by atomic mass is 9.97. The number of benzene rings is 1.